The van der Waals surface area contributed by atoms with Gasteiger partial charge in [-0.05, 0) is 42.8 Å². The normalized spacial score (nSPS) is 11.3. The van der Waals surface area contributed by atoms with Gasteiger partial charge in [-0.15, -0.1) is 10.2 Å². The molecule has 0 unspecified atom stereocenters. The number of imidazole rings is 1. The van der Waals surface area contributed by atoms with Crippen LogP contribution in [0.5, 0.6) is 0 Å². The molecular weight excluding hydrogens is 454 g/mol. The first-order valence-electron chi connectivity index (χ1n) is 11.4. The van der Waals surface area contributed by atoms with Crippen LogP contribution in [0.3, 0.4) is 0 Å². The van der Waals surface area contributed by atoms with Crippen molar-refractivity contribution in [2.75, 3.05) is 5.32 Å². The molecule has 0 radical (unpaired) electrons. The van der Waals surface area contributed by atoms with Gasteiger partial charge < -0.3 is 9.88 Å². The second kappa shape index (κ2) is 8.85. The molecule has 170 valence electrons. The van der Waals surface area contributed by atoms with E-state index in [4.69, 9.17) is 16.6 Å². The molecule has 0 spiro atoms. The standard InChI is InChI=1S/C29H22ClN5/c1-19-31-26-17-23(15-16-27(26)35(19)18-20-7-3-2-4-8-20)32-29-25-10-6-5-9-24(25)28(33-34-29)21-11-13-22(30)14-12-21/h2-17H,18H2,1H3,(H,32,34). The zero-order valence-corrected chi connectivity index (χ0v) is 19.9. The van der Waals surface area contributed by atoms with Gasteiger partial charge in [-0.1, -0.05) is 78.3 Å². The van der Waals surface area contributed by atoms with E-state index in [9.17, 15) is 0 Å². The van der Waals surface area contributed by atoms with E-state index in [0.717, 1.165) is 51.1 Å². The molecule has 0 aliphatic carbocycles. The molecule has 0 aliphatic rings. The first-order chi connectivity index (χ1) is 17.2. The third-order valence-electron chi connectivity index (χ3n) is 6.19. The molecule has 6 aromatic rings. The van der Waals surface area contributed by atoms with Gasteiger partial charge in [-0.2, -0.15) is 0 Å². The van der Waals surface area contributed by atoms with Crippen molar-refractivity contribution in [3.8, 4) is 11.3 Å². The molecule has 6 rings (SSSR count). The Bertz CT molecular complexity index is 1660. The molecule has 1 N–H and O–H groups in total. The highest BCUT2D eigenvalue weighted by Crippen LogP contribution is 2.32. The average Bonchev–Trinajstić information content (AvgIpc) is 3.19. The van der Waals surface area contributed by atoms with Gasteiger partial charge in [0, 0.05) is 33.6 Å². The van der Waals surface area contributed by atoms with Crippen molar-refractivity contribution in [3.63, 3.8) is 0 Å². The van der Waals surface area contributed by atoms with Crippen LogP contribution in [0.1, 0.15) is 11.4 Å². The largest absolute Gasteiger partial charge is 0.338 e. The van der Waals surface area contributed by atoms with E-state index in [1.807, 2.05) is 49.4 Å². The van der Waals surface area contributed by atoms with Gasteiger partial charge >= 0.3 is 0 Å². The summed E-state index contributed by atoms with van der Waals surface area (Å²) in [4.78, 5) is 4.81. The lowest BCUT2D eigenvalue weighted by atomic mass is 10.0. The number of nitrogens with one attached hydrogen (secondary N) is 1. The lowest BCUT2D eigenvalue weighted by Crippen LogP contribution is -2.02. The average molecular weight is 476 g/mol. The number of nitrogens with zero attached hydrogens (tertiary/aromatic N) is 4. The number of halogens is 1. The predicted molar refractivity (Wildman–Crippen MR) is 143 cm³/mol. The zero-order chi connectivity index (χ0) is 23.8. The molecule has 0 saturated carbocycles. The van der Waals surface area contributed by atoms with E-state index in [-0.39, 0.29) is 0 Å². The van der Waals surface area contributed by atoms with E-state index in [1.54, 1.807) is 0 Å². The summed E-state index contributed by atoms with van der Waals surface area (Å²) in [6.45, 7) is 2.84. The molecule has 0 amide bonds. The van der Waals surface area contributed by atoms with Crippen molar-refractivity contribution >= 4 is 44.9 Å². The summed E-state index contributed by atoms with van der Waals surface area (Å²) in [7, 11) is 0. The molecule has 0 fully saturated rings. The van der Waals surface area contributed by atoms with Gasteiger partial charge in [-0.3, -0.25) is 0 Å². The summed E-state index contributed by atoms with van der Waals surface area (Å²) >= 11 is 6.07. The predicted octanol–water partition coefficient (Wildman–Crippen LogP) is 7.40. The Labute approximate surface area is 208 Å². The van der Waals surface area contributed by atoms with Crippen molar-refractivity contribution in [3.05, 3.63) is 113 Å². The number of aryl methyl sites for hydroxylation is 1. The molecule has 0 atom stereocenters. The lowest BCUT2D eigenvalue weighted by Gasteiger charge is -2.12. The summed E-state index contributed by atoms with van der Waals surface area (Å²) in [5.41, 5.74) is 6.02. The smallest absolute Gasteiger partial charge is 0.161 e. The third kappa shape index (κ3) is 4.11. The molecule has 6 heteroatoms. The summed E-state index contributed by atoms with van der Waals surface area (Å²) < 4.78 is 2.24. The van der Waals surface area contributed by atoms with Crippen LogP contribution in [0, 0.1) is 6.92 Å². The molecule has 5 nitrogen and oxygen atoms in total. The summed E-state index contributed by atoms with van der Waals surface area (Å²) in [6.07, 6.45) is 0. The van der Waals surface area contributed by atoms with Crippen LogP contribution >= 0.6 is 11.6 Å². The Morgan fingerprint density at radius 2 is 1.54 bits per heavy atom. The molecule has 2 heterocycles. The van der Waals surface area contributed by atoms with Crippen molar-refractivity contribution in [2.24, 2.45) is 0 Å². The minimum absolute atomic E-state index is 0.696. The van der Waals surface area contributed by atoms with Crippen molar-refractivity contribution < 1.29 is 0 Å². The van der Waals surface area contributed by atoms with Crippen LogP contribution in [0.4, 0.5) is 11.5 Å². The SMILES string of the molecule is Cc1nc2cc(Nc3nnc(-c4ccc(Cl)cc4)c4ccccc34)ccc2n1Cc1ccccc1. The quantitative estimate of drug-likeness (QED) is 0.282. The van der Waals surface area contributed by atoms with Gasteiger partial charge in [0.2, 0.25) is 0 Å². The molecule has 35 heavy (non-hydrogen) atoms. The second-order valence-electron chi connectivity index (χ2n) is 8.51. The van der Waals surface area contributed by atoms with Crippen molar-refractivity contribution in [2.45, 2.75) is 13.5 Å². The van der Waals surface area contributed by atoms with Gasteiger partial charge in [0.1, 0.15) is 11.5 Å². The van der Waals surface area contributed by atoms with Crippen molar-refractivity contribution in [1.82, 2.24) is 19.7 Å². The maximum atomic E-state index is 6.07. The van der Waals surface area contributed by atoms with E-state index in [1.165, 1.54) is 5.56 Å². The second-order valence-corrected chi connectivity index (χ2v) is 8.95. The van der Waals surface area contributed by atoms with Crippen LogP contribution in [-0.2, 0) is 6.54 Å². The van der Waals surface area contributed by atoms with E-state index in [2.05, 4.69) is 74.7 Å². The highest BCUT2D eigenvalue weighted by atomic mass is 35.5. The highest BCUT2D eigenvalue weighted by molar-refractivity contribution is 6.30. The Morgan fingerprint density at radius 3 is 2.34 bits per heavy atom. The molecule has 2 aromatic heterocycles. The van der Waals surface area contributed by atoms with Gasteiger partial charge in [-0.25, -0.2) is 4.98 Å². The fourth-order valence-corrected chi connectivity index (χ4v) is 4.57. The molecule has 0 saturated heterocycles. The van der Waals surface area contributed by atoms with E-state index in [0.29, 0.717) is 10.8 Å². The number of hydrogen-bond donors (Lipinski definition) is 1. The monoisotopic (exact) mass is 475 g/mol. The maximum Gasteiger partial charge on any atom is 0.161 e. The minimum Gasteiger partial charge on any atom is -0.338 e. The Hall–Kier alpha value is -4.22. The van der Waals surface area contributed by atoms with Gasteiger partial charge in [0.15, 0.2) is 5.82 Å². The first kappa shape index (κ1) is 21.3. The van der Waals surface area contributed by atoms with Crippen LogP contribution in [0.2, 0.25) is 5.02 Å². The van der Waals surface area contributed by atoms with Crippen molar-refractivity contribution in [1.29, 1.82) is 0 Å². The van der Waals surface area contributed by atoms with Gasteiger partial charge in [0.05, 0.1) is 11.0 Å². The number of anilines is 2. The zero-order valence-electron chi connectivity index (χ0n) is 19.1. The third-order valence-corrected chi connectivity index (χ3v) is 6.44. The lowest BCUT2D eigenvalue weighted by molar-refractivity contribution is 0.786. The summed E-state index contributed by atoms with van der Waals surface area (Å²) in [5.74, 6) is 1.69. The summed E-state index contributed by atoms with van der Waals surface area (Å²) in [5, 5.41) is 15.3. The minimum atomic E-state index is 0.696. The fraction of sp³-hybridized carbons (Fsp3) is 0.0690. The molecule has 0 aliphatic heterocycles. The highest BCUT2D eigenvalue weighted by Gasteiger charge is 2.13. The number of aromatic nitrogens is 4. The van der Waals surface area contributed by atoms with Crippen LogP contribution < -0.4 is 5.32 Å². The number of rotatable bonds is 5. The topological polar surface area (TPSA) is 55.6 Å². The molecule has 4 aromatic carbocycles. The molecular formula is C29H22ClN5. The Morgan fingerprint density at radius 1 is 0.800 bits per heavy atom. The fourth-order valence-electron chi connectivity index (χ4n) is 4.45. The number of benzene rings is 4. The number of fused-ring (bicyclic) bond motifs is 2. The van der Waals surface area contributed by atoms with Gasteiger partial charge in [0.25, 0.3) is 0 Å². The summed E-state index contributed by atoms with van der Waals surface area (Å²) in [6, 6.07) is 32.5. The van der Waals surface area contributed by atoms with Crippen LogP contribution in [0.25, 0.3) is 33.1 Å². The Kier molecular flexibility index (Phi) is 5.39. The molecule has 0 bridgehead atoms. The van der Waals surface area contributed by atoms with Crippen LogP contribution in [0.15, 0.2) is 97.1 Å². The first-order valence-corrected chi connectivity index (χ1v) is 11.8. The number of hydrogen-bond acceptors (Lipinski definition) is 4. The van der Waals surface area contributed by atoms with E-state index >= 15 is 0 Å². The van der Waals surface area contributed by atoms with Crippen LogP contribution in [-0.4, -0.2) is 19.7 Å². The Balaban J connectivity index is 1.36. The maximum absolute atomic E-state index is 6.07. The van der Waals surface area contributed by atoms with E-state index < -0.39 is 0 Å².